The molecule has 0 aromatic carbocycles. The summed E-state index contributed by atoms with van der Waals surface area (Å²) in [7, 11) is 0. The topological polar surface area (TPSA) is 44.8 Å². The fraction of sp³-hybridized carbons (Fsp3) is 0.875. The van der Waals surface area contributed by atoms with E-state index in [1.54, 1.807) is 0 Å². The van der Waals surface area contributed by atoms with E-state index in [-0.39, 0.29) is 29.6 Å². The fourth-order valence-electron chi connectivity index (χ4n) is 0.566. The van der Waals surface area contributed by atoms with Crippen LogP contribution in [0, 0.1) is 0 Å². The van der Waals surface area contributed by atoms with E-state index >= 15 is 0 Å². The SMILES string of the molecule is CCCCOCCOOC(C)=O.[Na]. The molecule has 0 unspecified atom stereocenters. The molecule has 0 bridgehead atoms. The number of carbonyl (C=O) groups excluding carboxylic acids is 1. The second-order valence-corrected chi connectivity index (χ2v) is 2.36. The van der Waals surface area contributed by atoms with Crippen molar-refractivity contribution < 1.29 is 19.3 Å². The van der Waals surface area contributed by atoms with Gasteiger partial charge in [0.15, 0.2) is 0 Å². The number of ether oxygens (including phenoxy) is 1. The van der Waals surface area contributed by atoms with Gasteiger partial charge in [-0.1, -0.05) is 13.3 Å². The first-order chi connectivity index (χ1) is 5.77. The van der Waals surface area contributed by atoms with Crippen molar-refractivity contribution in [2.45, 2.75) is 26.7 Å². The molecule has 0 amide bonds. The van der Waals surface area contributed by atoms with E-state index in [2.05, 4.69) is 16.7 Å². The minimum atomic E-state index is -0.441. The Bertz CT molecular complexity index is 119. The Morgan fingerprint density at radius 2 is 1.92 bits per heavy atom. The van der Waals surface area contributed by atoms with Crippen LogP contribution in [0.4, 0.5) is 0 Å². The van der Waals surface area contributed by atoms with Gasteiger partial charge >= 0.3 is 5.97 Å². The predicted octanol–water partition coefficient (Wildman–Crippen LogP) is 0.917. The molecule has 4 nitrogen and oxygen atoms in total. The number of hydrogen-bond acceptors (Lipinski definition) is 4. The zero-order valence-electron chi connectivity index (χ0n) is 8.67. The fourth-order valence-corrected chi connectivity index (χ4v) is 0.566. The van der Waals surface area contributed by atoms with Crippen LogP contribution >= 0.6 is 0 Å². The van der Waals surface area contributed by atoms with Gasteiger partial charge < -0.3 is 4.74 Å². The van der Waals surface area contributed by atoms with Crippen molar-refractivity contribution in [2.75, 3.05) is 19.8 Å². The molecule has 13 heavy (non-hydrogen) atoms. The zero-order valence-corrected chi connectivity index (χ0v) is 10.7. The number of unbranched alkanes of at least 4 members (excludes halogenated alkanes) is 1. The molecule has 0 aromatic rings. The van der Waals surface area contributed by atoms with Gasteiger partial charge in [-0.25, -0.2) is 4.79 Å². The molecule has 0 rings (SSSR count). The summed E-state index contributed by atoms with van der Waals surface area (Å²) in [5.41, 5.74) is 0. The average Bonchev–Trinajstić information content (AvgIpc) is 2.02. The Labute approximate surface area is 101 Å². The normalized spacial score (nSPS) is 9.08. The van der Waals surface area contributed by atoms with Crippen molar-refractivity contribution in [1.29, 1.82) is 0 Å². The molecule has 0 aliphatic heterocycles. The molecule has 0 aliphatic carbocycles. The average molecular weight is 199 g/mol. The van der Waals surface area contributed by atoms with Gasteiger partial charge in [0.25, 0.3) is 0 Å². The van der Waals surface area contributed by atoms with Gasteiger partial charge in [-0.3, -0.25) is 4.89 Å². The van der Waals surface area contributed by atoms with Crippen molar-refractivity contribution in [3.8, 4) is 0 Å². The molecule has 0 aliphatic rings. The molecule has 0 saturated heterocycles. The first kappa shape index (κ1) is 15.8. The second kappa shape index (κ2) is 12.4. The summed E-state index contributed by atoms with van der Waals surface area (Å²) in [6.45, 7) is 4.88. The second-order valence-electron chi connectivity index (χ2n) is 2.36. The summed E-state index contributed by atoms with van der Waals surface area (Å²) in [5, 5.41) is 0. The smallest absolute Gasteiger partial charge is 0.339 e. The van der Waals surface area contributed by atoms with Gasteiger partial charge in [-0.05, 0) is 6.42 Å². The summed E-state index contributed by atoms with van der Waals surface area (Å²) in [4.78, 5) is 18.9. The van der Waals surface area contributed by atoms with Gasteiger partial charge in [-0.2, -0.15) is 4.89 Å². The van der Waals surface area contributed by atoms with E-state index in [0.29, 0.717) is 13.2 Å². The Morgan fingerprint density at radius 1 is 1.23 bits per heavy atom. The Hall–Kier alpha value is 0.390. The summed E-state index contributed by atoms with van der Waals surface area (Å²) in [6, 6.07) is 0. The van der Waals surface area contributed by atoms with Crippen molar-refractivity contribution in [3.63, 3.8) is 0 Å². The maximum atomic E-state index is 10.2. The Balaban J connectivity index is 0. The molecule has 0 aromatic heterocycles. The molecular weight excluding hydrogens is 183 g/mol. The zero-order chi connectivity index (χ0) is 9.23. The first-order valence-electron chi connectivity index (χ1n) is 4.15. The molecule has 1 radical (unpaired) electrons. The van der Waals surface area contributed by atoms with Crippen molar-refractivity contribution >= 4 is 35.5 Å². The van der Waals surface area contributed by atoms with E-state index in [0.717, 1.165) is 19.4 Å². The maximum Gasteiger partial charge on any atom is 0.339 e. The monoisotopic (exact) mass is 199 g/mol. The van der Waals surface area contributed by atoms with Gasteiger partial charge in [0.1, 0.15) is 6.61 Å². The molecular formula is C8H16NaO4. The van der Waals surface area contributed by atoms with Crippen LogP contribution in [0.15, 0.2) is 0 Å². The van der Waals surface area contributed by atoms with Crippen LogP contribution in [0.1, 0.15) is 26.7 Å². The molecule has 0 fully saturated rings. The molecule has 73 valence electrons. The molecule has 5 heteroatoms. The van der Waals surface area contributed by atoms with Crippen molar-refractivity contribution in [2.24, 2.45) is 0 Å². The Morgan fingerprint density at radius 3 is 2.46 bits per heavy atom. The number of hydrogen-bond donors (Lipinski definition) is 0. The standard InChI is InChI=1S/C8H16O4.Na/c1-3-4-5-10-6-7-11-12-8(2)9;/h3-7H2,1-2H3;. The van der Waals surface area contributed by atoms with Crippen LogP contribution in [0.25, 0.3) is 0 Å². The van der Waals surface area contributed by atoms with E-state index in [1.807, 2.05) is 0 Å². The van der Waals surface area contributed by atoms with Gasteiger partial charge in [0, 0.05) is 43.1 Å². The molecule has 0 saturated carbocycles. The third kappa shape index (κ3) is 15.2. The minimum Gasteiger partial charge on any atom is -0.379 e. The molecule has 0 atom stereocenters. The largest absolute Gasteiger partial charge is 0.379 e. The van der Waals surface area contributed by atoms with Crippen LogP contribution in [-0.2, 0) is 19.3 Å². The first-order valence-corrected chi connectivity index (χ1v) is 4.15. The Kier molecular flexibility index (Phi) is 15.1. The summed E-state index contributed by atoms with van der Waals surface area (Å²) >= 11 is 0. The van der Waals surface area contributed by atoms with Gasteiger partial charge in [0.05, 0.1) is 6.61 Å². The summed E-state index contributed by atoms with van der Waals surface area (Å²) < 4.78 is 5.14. The van der Waals surface area contributed by atoms with Crippen molar-refractivity contribution in [3.05, 3.63) is 0 Å². The quantitative estimate of drug-likeness (QED) is 0.265. The maximum absolute atomic E-state index is 10.2. The van der Waals surface area contributed by atoms with Crippen LogP contribution in [0.5, 0.6) is 0 Å². The van der Waals surface area contributed by atoms with Crippen LogP contribution in [0.2, 0.25) is 0 Å². The van der Waals surface area contributed by atoms with E-state index in [4.69, 9.17) is 4.74 Å². The predicted molar refractivity (Wildman–Crippen MR) is 49.2 cm³/mol. The third-order valence-corrected chi connectivity index (χ3v) is 1.13. The van der Waals surface area contributed by atoms with Crippen molar-refractivity contribution in [1.82, 2.24) is 0 Å². The van der Waals surface area contributed by atoms with Gasteiger partial charge in [-0.15, -0.1) is 0 Å². The van der Waals surface area contributed by atoms with Crippen LogP contribution < -0.4 is 0 Å². The number of rotatable bonds is 7. The van der Waals surface area contributed by atoms with E-state index in [1.165, 1.54) is 6.92 Å². The van der Waals surface area contributed by atoms with Gasteiger partial charge in [0.2, 0.25) is 0 Å². The minimum absolute atomic E-state index is 0. The van der Waals surface area contributed by atoms with E-state index in [9.17, 15) is 4.79 Å². The molecule has 0 N–H and O–H groups in total. The molecule has 0 heterocycles. The van der Waals surface area contributed by atoms with Crippen LogP contribution in [-0.4, -0.2) is 55.3 Å². The third-order valence-electron chi connectivity index (χ3n) is 1.13. The summed E-state index contributed by atoms with van der Waals surface area (Å²) in [5.74, 6) is -0.441. The number of carbonyl (C=O) groups is 1. The summed E-state index contributed by atoms with van der Waals surface area (Å²) in [6.07, 6.45) is 2.17. The molecule has 0 spiro atoms. The van der Waals surface area contributed by atoms with E-state index < -0.39 is 5.97 Å². The van der Waals surface area contributed by atoms with Crippen LogP contribution in [0.3, 0.4) is 0 Å².